The number of esters is 1. The van der Waals surface area contributed by atoms with Gasteiger partial charge in [-0.3, -0.25) is 81.5 Å². The van der Waals surface area contributed by atoms with Crippen LogP contribution in [-0.4, -0.2) is 261 Å². The minimum absolute atomic E-state index is 0.0132. The highest BCUT2D eigenvalue weighted by Crippen LogP contribution is 2.31. The molecule has 1 aromatic heterocycles. The Morgan fingerprint density at radius 2 is 1.36 bits per heavy atom. The highest BCUT2D eigenvalue weighted by Gasteiger charge is 2.48. The van der Waals surface area contributed by atoms with Crippen LogP contribution >= 0.6 is 15.9 Å². The maximum absolute atomic E-state index is 15.4. The maximum Gasteiger partial charge on any atom is 0.329 e. The molecule has 3 aromatic rings. The zero-order chi connectivity index (χ0) is 88.3. The number of H-pyrrole nitrogens is 1. The number of nitrogens with one attached hydrogen (secondary N) is 11. The number of carbonyl (C=O) groups excluding carboxylic acids is 15. The van der Waals surface area contributed by atoms with E-state index >= 15 is 24.0 Å². The summed E-state index contributed by atoms with van der Waals surface area (Å²) in [6, 6.07) is -9.16. The Labute approximate surface area is 690 Å². The molecule has 6 rings (SSSR count). The molecule has 4 heterocycles. The molecule has 40 nitrogen and oxygen atoms in total. The number of aromatic nitrogens is 1. The maximum atomic E-state index is 15.4. The van der Waals surface area contributed by atoms with Crippen molar-refractivity contribution in [2.45, 2.75) is 238 Å². The van der Waals surface area contributed by atoms with E-state index < -0.39 is 250 Å². The van der Waals surface area contributed by atoms with Crippen molar-refractivity contribution in [1.29, 1.82) is 0 Å². The minimum atomic E-state index is -5.42. The highest BCUT2D eigenvalue weighted by molar-refractivity contribution is 9.10. The number of rotatable bonds is 34. The van der Waals surface area contributed by atoms with Gasteiger partial charge in [-0.25, -0.2) is 4.79 Å². The van der Waals surface area contributed by atoms with Crippen LogP contribution in [0.25, 0.3) is 10.9 Å². The number of aliphatic carboxylic acids is 1. The number of carboxylic acids is 1. The first-order valence-electron chi connectivity index (χ1n) is 38.6. The monoisotopic (exact) mass is 1740 g/mol. The Balaban J connectivity index is 1.36. The number of amides is 14. The van der Waals surface area contributed by atoms with Gasteiger partial charge in [0.15, 0.2) is 5.96 Å². The number of cyclic esters (lactones) is 1. The topological polar surface area (TPSA) is 613 Å². The summed E-state index contributed by atoms with van der Waals surface area (Å²) >= 11 is 3.34. The summed E-state index contributed by atoms with van der Waals surface area (Å²) in [5.74, 6) is -20.4. The first-order chi connectivity index (χ1) is 55.0. The van der Waals surface area contributed by atoms with Gasteiger partial charge in [-0.15, -0.1) is 0 Å². The average Bonchev–Trinajstić information content (AvgIpc) is 1.30. The molecule has 2 aromatic carbocycles. The lowest BCUT2D eigenvalue weighted by molar-refractivity contribution is -0.161. The average molecular weight is 1740 g/mol. The normalized spacial score (nSPS) is 21.1. The van der Waals surface area contributed by atoms with E-state index in [1.807, 2.05) is 0 Å². The molecule has 0 bridgehead atoms. The lowest BCUT2D eigenvalue weighted by Crippen LogP contribution is -2.64. The fourth-order valence-electron chi connectivity index (χ4n) is 13.9. The van der Waals surface area contributed by atoms with Crippen LogP contribution in [-0.2, 0) is 98.0 Å². The van der Waals surface area contributed by atoms with Crippen LogP contribution in [0.5, 0.6) is 0 Å². The van der Waals surface area contributed by atoms with Gasteiger partial charge in [-0.1, -0.05) is 102 Å². The number of aromatic amines is 1. The molecule has 2 unspecified atom stereocenters. The van der Waals surface area contributed by atoms with Gasteiger partial charge >= 0.3 is 11.9 Å². The summed E-state index contributed by atoms with van der Waals surface area (Å²) in [5.41, 5.74) is 15.6. The zero-order valence-corrected chi connectivity index (χ0v) is 70.3. The molecule has 118 heavy (non-hydrogen) atoms. The molecule has 3 aliphatic heterocycles. The van der Waals surface area contributed by atoms with Gasteiger partial charge in [0.05, 0.1) is 6.42 Å². The number of primary amides is 1. The fourth-order valence-corrected chi connectivity index (χ4v) is 14.8. The van der Waals surface area contributed by atoms with Crippen molar-refractivity contribution in [1.82, 2.24) is 72.9 Å². The van der Waals surface area contributed by atoms with E-state index in [1.165, 1.54) is 30.9 Å². The standard InChI is InChI=1S/C76H111BrN18O22S/c1-13-76(10,11)60(92-68(108)59(75(7,8)9)91-67(107)52-23-18-32-95(52)72(112)57(90-61(101)38(4)83-40(6)96)58(100)41-24-26-43(77)27-25-41)69(109)85-47(33-42-35-82-45-20-15-14-19-44(42)45)63(103)84-46(21-16-30-81-74(79)80)62(102)87-49(36-118(114,115)116)64(104)89-56-39(5)117-73(113)48(34-54(98)99)86-66(106)51-22-17-31-94(51)71(111)55(37(2)3)88-65(105)50(28-29-53(78)97)93(12)70(56)110/h14-15,19-20,24-27,35,37-39,46-52,55-60,82,100H,13,16-18,21-23,28-34,36H2,1-12H3,(H2,78,97)(H,83,96)(H,84,103)(H,85,109)(H,86,106)(H,87,102)(H,88,105)(H,89,104)(H,90,101)(H,91,107)(H,92,108)(H,98,99)(H4,79,80,81)(H,114,115,116)/t38-,39-,46+,47-,48-,49-,50+,51+,52+,55-,56+,57?,58?,59+,60-/m1/s1. The number of hydrogen-bond donors (Lipinski definition) is 17. The molecule has 0 radical (unpaired) electrons. The smallest absolute Gasteiger partial charge is 0.329 e. The van der Waals surface area contributed by atoms with Gasteiger partial charge < -0.3 is 105 Å². The molecule has 0 spiro atoms. The van der Waals surface area contributed by atoms with Crippen molar-refractivity contribution in [2.24, 2.45) is 38.9 Å². The van der Waals surface area contributed by atoms with Gasteiger partial charge in [0, 0.05) is 68.0 Å². The molecule has 650 valence electrons. The number of halogens is 1. The Hall–Kier alpha value is -10.9. The van der Waals surface area contributed by atoms with Gasteiger partial charge in [0.2, 0.25) is 82.7 Å². The summed E-state index contributed by atoms with van der Waals surface area (Å²) in [6.45, 7) is 16.2. The molecule has 0 aliphatic carbocycles. The number of para-hydroxylation sites is 1. The molecule has 14 amide bonds. The van der Waals surface area contributed by atoms with E-state index in [-0.39, 0.29) is 70.1 Å². The van der Waals surface area contributed by atoms with Crippen LogP contribution in [0.15, 0.2) is 64.2 Å². The molecule has 3 saturated heterocycles. The minimum Gasteiger partial charge on any atom is -0.481 e. The van der Waals surface area contributed by atoms with Crippen LogP contribution in [0.2, 0.25) is 0 Å². The van der Waals surface area contributed by atoms with E-state index in [2.05, 4.69) is 79.1 Å². The molecule has 3 fully saturated rings. The Bertz CT molecular complexity index is 4380. The molecular formula is C76H111BrN18O22S. The summed E-state index contributed by atoms with van der Waals surface area (Å²) in [7, 11) is -4.41. The van der Waals surface area contributed by atoms with E-state index in [1.54, 1.807) is 98.0 Å². The number of carbonyl (C=O) groups is 16. The van der Waals surface area contributed by atoms with Gasteiger partial charge in [0.25, 0.3) is 10.1 Å². The van der Waals surface area contributed by atoms with Crippen molar-refractivity contribution < 1.29 is 105 Å². The molecule has 15 atom stereocenters. The zero-order valence-electron chi connectivity index (χ0n) is 67.9. The largest absolute Gasteiger partial charge is 0.481 e. The summed E-state index contributed by atoms with van der Waals surface area (Å²) in [6.07, 6.45) is -4.69. The quantitative estimate of drug-likeness (QED) is 0.00980. The van der Waals surface area contributed by atoms with E-state index in [9.17, 15) is 75.9 Å². The van der Waals surface area contributed by atoms with Crippen LogP contribution in [0.3, 0.4) is 0 Å². The number of carboxylic acid groups (broad SMARTS) is 1. The van der Waals surface area contributed by atoms with Crippen LogP contribution in [0.1, 0.15) is 158 Å². The molecule has 3 aliphatic rings. The number of guanidine groups is 1. The van der Waals surface area contributed by atoms with Crippen molar-refractivity contribution in [3.05, 3.63) is 70.3 Å². The number of ether oxygens (including phenoxy) is 1. The summed E-state index contributed by atoms with van der Waals surface area (Å²) in [5, 5.41) is 47.4. The van der Waals surface area contributed by atoms with E-state index in [0.717, 1.165) is 18.9 Å². The van der Waals surface area contributed by atoms with Crippen molar-refractivity contribution >= 4 is 138 Å². The third-order valence-corrected chi connectivity index (χ3v) is 22.2. The second-order valence-corrected chi connectivity index (χ2v) is 34.2. The number of aliphatic hydroxyl groups is 1. The van der Waals surface area contributed by atoms with Crippen LogP contribution in [0, 0.1) is 16.7 Å². The predicted molar refractivity (Wildman–Crippen MR) is 429 cm³/mol. The first-order valence-corrected chi connectivity index (χ1v) is 41.0. The van der Waals surface area contributed by atoms with Crippen molar-refractivity contribution in [2.75, 3.05) is 32.4 Å². The molecular weight excluding hydrogens is 1630 g/mol. The first kappa shape index (κ1) is 96.0. The molecule has 42 heteroatoms. The fraction of sp³-hybridized carbons (Fsp3) is 0.592. The van der Waals surface area contributed by atoms with Crippen LogP contribution < -0.4 is 70.4 Å². The molecule has 20 N–H and O–H groups in total. The highest BCUT2D eigenvalue weighted by atomic mass is 79.9. The lowest BCUT2D eigenvalue weighted by Gasteiger charge is -2.38. The number of nitrogens with zero attached hydrogens (tertiary/aromatic N) is 4. The number of aliphatic hydroxyl groups excluding tert-OH is 1. The number of likely N-dealkylation sites (tertiary alicyclic amines) is 1. The van der Waals surface area contributed by atoms with E-state index in [4.69, 9.17) is 21.9 Å². The van der Waals surface area contributed by atoms with Crippen molar-refractivity contribution in [3.8, 4) is 0 Å². The number of fused-ring (bicyclic) bond motifs is 2. The number of benzene rings is 2. The van der Waals surface area contributed by atoms with Gasteiger partial charge in [0.1, 0.15) is 96.5 Å². The number of aliphatic imine (C=N–C) groups is 1. The third-order valence-electron chi connectivity index (χ3n) is 20.9. The molecule has 0 saturated carbocycles. The van der Waals surface area contributed by atoms with Crippen LogP contribution in [0.4, 0.5) is 0 Å². The summed E-state index contributed by atoms with van der Waals surface area (Å²) < 4.78 is 42.8. The van der Waals surface area contributed by atoms with Gasteiger partial charge in [-0.05, 0) is 111 Å². The van der Waals surface area contributed by atoms with Crippen molar-refractivity contribution in [3.63, 3.8) is 0 Å². The SMILES string of the molecule is CCC(C)(C)[C@H](NC(=O)[C@H](NC(=O)[C@@H]1CCCN1C(=O)C(NC(=O)[C@@H](C)NC(C)=O)C(O)c1ccc(Br)cc1)C(C)(C)C)C(=O)N[C@H](Cc1c[nH]c2ccccc12)C(=O)N[C@@H](CCCN=C(N)N)C(=O)N[C@H](CS(=O)(=O)O)C(=O)N[C@@H]1C(=O)N(C)[C@@H](CCC(N)=O)C(=O)N[C@H](C(C)C)C(=O)N2CCC[C@H]2C(=O)N[C@H](CC(=O)O)C(=O)O[C@@H]1C. The number of nitrogens with two attached hydrogens (primary N) is 3. The lowest BCUT2D eigenvalue weighted by atomic mass is 9.80. The van der Waals surface area contributed by atoms with Gasteiger partial charge in [-0.2, -0.15) is 8.42 Å². The second-order valence-electron chi connectivity index (χ2n) is 31.8. The second kappa shape index (κ2) is 42.0. The number of likely N-dealkylation sites (N-methyl/N-ethyl adjacent to an activating group) is 1. The predicted octanol–water partition coefficient (Wildman–Crippen LogP) is -2.33. The van der Waals surface area contributed by atoms with E-state index in [0.29, 0.717) is 25.8 Å². The summed E-state index contributed by atoms with van der Waals surface area (Å²) in [4.78, 5) is 238. The third kappa shape index (κ3) is 26.6. The number of hydrogen-bond acceptors (Lipinski definition) is 21. The Morgan fingerprint density at radius 3 is 1.97 bits per heavy atom. The Morgan fingerprint density at radius 1 is 0.746 bits per heavy atom. The Kier molecular flexibility index (Phi) is 34.1.